The Labute approximate surface area is 136 Å². The maximum atomic E-state index is 11.8. The molecule has 0 heterocycles. The van der Waals surface area contributed by atoms with Crippen molar-refractivity contribution in [2.45, 2.75) is 70.3 Å². The number of carbonyl (C=O) groups excluding carboxylic acids is 3. The number of amides is 2. The standard InChI is InChI=1S/C15H26N2O4S/c1-10(18)22-12-7-5-11(6-8-12)17-13(19)9-16-14(20)21-15(2,3)4/h11-12H,5-9H2,1-4H3,(H,16,20)(H,17,19). The summed E-state index contributed by atoms with van der Waals surface area (Å²) in [6, 6.07) is 0.122. The zero-order valence-electron chi connectivity index (χ0n) is 13.7. The lowest BCUT2D eigenvalue weighted by atomic mass is 9.95. The molecule has 0 unspecified atom stereocenters. The zero-order valence-corrected chi connectivity index (χ0v) is 14.5. The highest BCUT2D eigenvalue weighted by molar-refractivity contribution is 8.14. The van der Waals surface area contributed by atoms with Crippen LogP contribution in [0.5, 0.6) is 0 Å². The first kappa shape index (κ1) is 18.8. The molecule has 0 aliphatic heterocycles. The zero-order chi connectivity index (χ0) is 16.8. The summed E-state index contributed by atoms with van der Waals surface area (Å²) >= 11 is 1.39. The van der Waals surface area contributed by atoms with E-state index < -0.39 is 11.7 Å². The molecule has 22 heavy (non-hydrogen) atoms. The third-order valence-corrected chi connectivity index (χ3v) is 4.30. The van der Waals surface area contributed by atoms with Gasteiger partial charge in [-0.3, -0.25) is 9.59 Å². The Morgan fingerprint density at radius 1 is 1.14 bits per heavy atom. The van der Waals surface area contributed by atoms with Crippen LogP contribution in [0.2, 0.25) is 0 Å². The van der Waals surface area contributed by atoms with Crippen LogP contribution in [0.25, 0.3) is 0 Å². The first-order valence-electron chi connectivity index (χ1n) is 7.59. The van der Waals surface area contributed by atoms with Crippen molar-refractivity contribution in [3.05, 3.63) is 0 Å². The van der Waals surface area contributed by atoms with Gasteiger partial charge < -0.3 is 15.4 Å². The monoisotopic (exact) mass is 330 g/mol. The van der Waals surface area contributed by atoms with Crippen molar-refractivity contribution in [3.8, 4) is 0 Å². The molecule has 1 rings (SSSR count). The third-order valence-electron chi connectivity index (χ3n) is 3.16. The van der Waals surface area contributed by atoms with Crippen LogP contribution in [-0.4, -0.2) is 40.6 Å². The predicted octanol–water partition coefficient (Wildman–Crippen LogP) is 2.22. The van der Waals surface area contributed by atoms with E-state index in [0.29, 0.717) is 5.25 Å². The number of nitrogens with one attached hydrogen (secondary N) is 2. The second kappa shape index (κ2) is 8.41. The molecule has 2 amide bonds. The van der Waals surface area contributed by atoms with Gasteiger partial charge in [0.25, 0.3) is 0 Å². The summed E-state index contributed by atoms with van der Waals surface area (Å²) in [4.78, 5) is 34.3. The van der Waals surface area contributed by atoms with Gasteiger partial charge in [0.05, 0.1) is 0 Å². The minimum atomic E-state index is -0.593. The summed E-state index contributed by atoms with van der Waals surface area (Å²) in [6.45, 7) is 6.80. The van der Waals surface area contributed by atoms with Crippen molar-refractivity contribution >= 4 is 28.9 Å². The average molecular weight is 330 g/mol. The minimum Gasteiger partial charge on any atom is -0.444 e. The molecule has 1 aliphatic rings. The fourth-order valence-electron chi connectivity index (χ4n) is 2.31. The van der Waals surface area contributed by atoms with Crippen LogP contribution >= 0.6 is 11.8 Å². The lowest BCUT2D eigenvalue weighted by Crippen LogP contribution is -2.44. The Kier molecular flexibility index (Phi) is 7.19. The first-order chi connectivity index (χ1) is 10.2. The van der Waals surface area contributed by atoms with E-state index in [4.69, 9.17) is 4.74 Å². The summed E-state index contributed by atoms with van der Waals surface area (Å²) in [5, 5.41) is 5.86. The summed E-state index contributed by atoms with van der Waals surface area (Å²) < 4.78 is 5.06. The van der Waals surface area contributed by atoms with Crippen LogP contribution in [0, 0.1) is 0 Å². The highest BCUT2D eigenvalue weighted by Crippen LogP contribution is 2.28. The maximum absolute atomic E-state index is 11.8. The van der Waals surface area contributed by atoms with E-state index in [9.17, 15) is 14.4 Å². The number of alkyl carbamates (subject to hydrolysis) is 1. The van der Waals surface area contributed by atoms with E-state index in [-0.39, 0.29) is 23.6 Å². The first-order valence-corrected chi connectivity index (χ1v) is 8.47. The number of rotatable bonds is 4. The molecule has 1 fully saturated rings. The number of hydrogen-bond acceptors (Lipinski definition) is 5. The quantitative estimate of drug-likeness (QED) is 0.825. The smallest absolute Gasteiger partial charge is 0.408 e. The number of carbonyl (C=O) groups is 3. The Morgan fingerprint density at radius 2 is 1.73 bits per heavy atom. The molecule has 0 atom stereocenters. The predicted molar refractivity (Wildman–Crippen MR) is 86.7 cm³/mol. The molecule has 0 aromatic rings. The summed E-state index contributed by atoms with van der Waals surface area (Å²) in [6.07, 6.45) is 2.99. The van der Waals surface area contributed by atoms with Crippen LogP contribution in [0.4, 0.5) is 4.79 Å². The van der Waals surface area contributed by atoms with Crippen LogP contribution < -0.4 is 10.6 Å². The van der Waals surface area contributed by atoms with Gasteiger partial charge in [-0.1, -0.05) is 11.8 Å². The van der Waals surface area contributed by atoms with Crippen molar-refractivity contribution in [2.75, 3.05) is 6.54 Å². The van der Waals surface area contributed by atoms with Crippen molar-refractivity contribution in [1.29, 1.82) is 0 Å². The van der Waals surface area contributed by atoms with Crippen molar-refractivity contribution < 1.29 is 19.1 Å². The van der Waals surface area contributed by atoms with Gasteiger partial charge in [-0.25, -0.2) is 4.79 Å². The van der Waals surface area contributed by atoms with Gasteiger partial charge in [-0.15, -0.1) is 0 Å². The Hall–Kier alpha value is -1.24. The van der Waals surface area contributed by atoms with E-state index in [1.165, 1.54) is 11.8 Å². The fourth-order valence-corrected chi connectivity index (χ4v) is 3.28. The number of hydrogen-bond donors (Lipinski definition) is 2. The maximum Gasteiger partial charge on any atom is 0.408 e. The topological polar surface area (TPSA) is 84.5 Å². The van der Waals surface area contributed by atoms with E-state index in [0.717, 1.165) is 25.7 Å². The molecule has 0 spiro atoms. The molecule has 0 saturated heterocycles. The molecule has 6 nitrogen and oxygen atoms in total. The van der Waals surface area contributed by atoms with E-state index in [1.807, 2.05) is 0 Å². The molecular weight excluding hydrogens is 304 g/mol. The molecule has 0 bridgehead atoms. The van der Waals surface area contributed by atoms with E-state index >= 15 is 0 Å². The van der Waals surface area contributed by atoms with Crippen LogP contribution in [0.15, 0.2) is 0 Å². The molecule has 1 aliphatic carbocycles. The van der Waals surface area contributed by atoms with Crippen LogP contribution in [-0.2, 0) is 14.3 Å². The molecule has 7 heteroatoms. The van der Waals surface area contributed by atoms with Gasteiger partial charge in [-0.05, 0) is 46.5 Å². The summed E-state index contributed by atoms with van der Waals surface area (Å²) in [5.74, 6) is -0.214. The highest BCUT2D eigenvalue weighted by atomic mass is 32.2. The molecule has 0 aromatic heterocycles. The second-order valence-electron chi connectivity index (χ2n) is 6.51. The molecular formula is C15H26N2O4S. The van der Waals surface area contributed by atoms with E-state index in [1.54, 1.807) is 27.7 Å². The van der Waals surface area contributed by atoms with Gasteiger partial charge in [0, 0.05) is 18.2 Å². The van der Waals surface area contributed by atoms with Crippen LogP contribution in [0.3, 0.4) is 0 Å². The molecule has 2 N–H and O–H groups in total. The molecule has 0 radical (unpaired) electrons. The van der Waals surface area contributed by atoms with Gasteiger partial charge >= 0.3 is 6.09 Å². The van der Waals surface area contributed by atoms with E-state index in [2.05, 4.69) is 10.6 Å². The van der Waals surface area contributed by atoms with Gasteiger partial charge in [0.1, 0.15) is 12.1 Å². The van der Waals surface area contributed by atoms with Crippen molar-refractivity contribution in [1.82, 2.24) is 10.6 Å². The Bertz CT molecular complexity index is 412. The number of thioether (sulfide) groups is 1. The molecule has 126 valence electrons. The minimum absolute atomic E-state index is 0.0863. The lowest BCUT2D eigenvalue weighted by Gasteiger charge is -2.28. The fraction of sp³-hybridized carbons (Fsp3) is 0.800. The lowest BCUT2D eigenvalue weighted by molar-refractivity contribution is -0.121. The highest BCUT2D eigenvalue weighted by Gasteiger charge is 2.24. The second-order valence-corrected chi connectivity index (χ2v) is 7.98. The van der Waals surface area contributed by atoms with Crippen molar-refractivity contribution in [2.24, 2.45) is 0 Å². The molecule has 1 saturated carbocycles. The molecule has 0 aromatic carbocycles. The Morgan fingerprint density at radius 3 is 2.23 bits per heavy atom. The van der Waals surface area contributed by atoms with Gasteiger partial charge in [-0.2, -0.15) is 0 Å². The van der Waals surface area contributed by atoms with Crippen LogP contribution in [0.1, 0.15) is 53.4 Å². The summed E-state index contributed by atoms with van der Waals surface area (Å²) in [7, 11) is 0. The largest absolute Gasteiger partial charge is 0.444 e. The third kappa shape index (κ3) is 8.26. The SMILES string of the molecule is CC(=O)SC1CCC(NC(=O)CNC(=O)OC(C)(C)C)CC1. The Balaban J connectivity index is 2.21. The van der Waals surface area contributed by atoms with Crippen molar-refractivity contribution in [3.63, 3.8) is 0 Å². The number of ether oxygens (including phenoxy) is 1. The van der Waals surface area contributed by atoms with Gasteiger partial charge in [0.2, 0.25) is 5.91 Å². The normalized spacial score (nSPS) is 21.8. The summed E-state index contributed by atoms with van der Waals surface area (Å²) in [5.41, 5.74) is -0.576. The average Bonchev–Trinajstić information content (AvgIpc) is 2.36. The van der Waals surface area contributed by atoms with Gasteiger partial charge in [0.15, 0.2) is 5.12 Å².